The van der Waals surface area contributed by atoms with Crippen LogP contribution in [0, 0.1) is 0 Å². The minimum absolute atomic E-state index is 0.172. The summed E-state index contributed by atoms with van der Waals surface area (Å²) in [6.45, 7) is 3.94. The molecule has 0 saturated carbocycles. The number of benzene rings is 3. The van der Waals surface area contributed by atoms with Gasteiger partial charge in [0.15, 0.2) is 23.3 Å². The Balaban J connectivity index is 1.71. The Morgan fingerprint density at radius 3 is 2.23 bits per heavy atom. The maximum Gasteiger partial charge on any atom is 0.343 e. The Hall–Kier alpha value is -3.56. The number of thioether (sulfide) groups is 1. The largest absolute Gasteiger partial charge is 0.493 e. The fourth-order valence-corrected chi connectivity index (χ4v) is 5.45. The first kappa shape index (κ1) is 28.4. The van der Waals surface area contributed by atoms with E-state index < -0.39 is 5.97 Å². The monoisotopic (exact) mass is 608 g/mol. The molecule has 1 heterocycles. The lowest BCUT2D eigenvalue weighted by molar-refractivity contribution is -0.142. The summed E-state index contributed by atoms with van der Waals surface area (Å²) in [5, 5.41) is 0.573. The summed E-state index contributed by atoms with van der Waals surface area (Å²) < 4.78 is 16.3. The van der Waals surface area contributed by atoms with Crippen molar-refractivity contribution in [2.45, 2.75) is 26.7 Å². The highest BCUT2D eigenvalue weighted by atomic mass is 79.9. The number of anilines is 1. The Morgan fingerprint density at radius 1 is 1.00 bits per heavy atom. The molecule has 0 atom stereocenters. The SMILES string of the molecule is CCc1ccc(N=C2S/C(=C\c3cc(Br)c(OCC(=O)OC)c(OC)c3)C(=O)N2c2ccc(CC)cc2)cc1. The minimum Gasteiger partial charge on any atom is -0.493 e. The van der Waals surface area contributed by atoms with Gasteiger partial charge in [-0.3, -0.25) is 9.69 Å². The van der Waals surface area contributed by atoms with E-state index in [9.17, 15) is 9.59 Å². The number of nitrogens with zero attached hydrogens (tertiary/aromatic N) is 2. The van der Waals surface area contributed by atoms with Crippen LogP contribution < -0.4 is 14.4 Å². The molecule has 7 nitrogen and oxygen atoms in total. The predicted molar refractivity (Wildman–Crippen MR) is 160 cm³/mol. The number of amides is 1. The number of rotatable bonds is 9. The molecule has 9 heteroatoms. The highest BCUT2D eigenvalue weighted by Crippen LogP contribution is 2.41. The van der Waals surface area contributed by atoms with Crippen LogP contribution >= 0.6 is 27.7 Å². The smallest absolute Gasteiger partial charge is 0.343 e. The van der Waals surface area contributed by atoms with Crippen LogP contribution in [0.1, 0.15) is 30.5 Å². The van der Waals surface area contributed by atoms with E-state index in [4.69, 9.17) is 14.5 Å². The summed E-state index contributed by atoms with van der Waals surface area (Å²) in [4.78, 5) is 32.2. The molecule has 1 amide bonds. The third-order valence-corrected chi connectivity index (χ3v) is 7.65. The topological polar surface area (TPSA) is 77.4 Å². The van der Waals surface area contributed by atoms with Crippen LogP contribution in [0.5, 0.6) is 11.5 Å². The highest BCUT2D eigenvalue weighted by Gasteiger charge is 2.35. The Bertz CT molecular complexity index is 1420. The molecule has 1 aliphatic rings. The van der Waals surface area contributed by atoms with Gasteiger partial charge in [-0.2, -0.15) is 0 Å². The molecule has 3 aromatic carbocycles. The summed E-state index contributed by atoms with van der Waals surface area (Å²) in [5.74, 6) is 0.0963. The third-order valence-electron chi connectivity index (χ3n) is 6.09. The van der Waals surface area contributed by atoms with Crippen LogP contribution in [0.4, 0.5) is 11.4 Å². The molecule has 0 aliphatic carbocycles. The number of esters is 1. The predicted octanol–water partition coefficient (Wildman–Crippen LogP) is 6.94. The van der Waals surface area contributed by atoms with Crippen LogP contribution in [0.3, 0.4) is 0 Å². The van der Waals surface area contributed by atoms with Crippen molar-refractivity contribution in [3.63, 3.8) is 0 Å². The number of aryl methyl sites for hydroxylation is 2. The molecular weight excluding hydrogens is 580 g/mol. The second kappa shape index (κ2) is 13.0. The second-order valence-electron chi connectivity index (χ2n) is 8.58. The zero-order valence-electron chi connectivity index (χ0n) is 22.2. The molecule has 0 radical (unpaired) electrons. The minimum atomic E-state index is -0.508. The molecule has 0 bridgehead atoms. The van der Waals surface area contributed by atoms with Gasteiger partial charge in [0.25, 0.3) is 5.91 Å². The van der Waals surface area contributed by atoms with Gasteiger partial charge in [0.1, 0.15) is 0 Å². The zero-order valence-corrected chi connectivity index (χ0v) is 24.6. The third kappa shape index (κ3) is 6.72. The van der Waals surface area contributed by atoms with Gasteiger partial charge in [-0.15, -0.1) is 0 Å². The van der Waals surface area contributed by atoms with E-state index in [1.165, 1.54) is 37.1 Å². The van der Waals surface area contributed by atoms with Gasteiger partial charge in [-0.25, -0.2) is 9.79 Å². The molecule has 202 valence electrons. The lowest BCUT2D eigenvalue weighted by atomic mass is 10.1. The van der Waals surface area contributed by atoms with Crippen molar-refractivity contribution in [3.05, 3.63) is 86.7 Å². The second-order valence-corrected chi connectivity index (χ2v) is 10.4. The number of methoxy groups -OCH3 is 2. The van der Waals surface area contributed by atoms with Gasteiger partial charge in [0, 0.05) is 0 Å². The average molecular weight is 610 g/mol. The molecule has 1 fully saturated rings. The van der Waals surface area contributed by atoms with Gasteiger partial charge < -0.3 is 14.2 Å². The zero-order chi connectivity index (χ0) is 27.9. The molecule has 0 unspecified atom stereocenters. The number of hydrogen-bond donors (Lipinski definition) is 0. The summed E-state index contributed by atoms with van der Waals surface area (Å²) in [6.07, 6.45) is 3.65. The number of halogens is 1. The number of ether oxygens (including phenoxy) is 3. The fraction of sp³-hybridized carbons (Fsp3) is 0.233. The number of carbonyl (C=O) groups excluding carboxylic acids is 2. The lowest BCUT2D eigenvalue weighted by Gasteiger charge is -2.16. The normalized spacial score (nSPS) is 15.2. The van der Waals surface area contributed by atoms with Crippen molar-refractivity contribution in [1.82, 2.24) is 0 Å². The molecule has 0 N–H and O–H groups in total. The molecule has 1 aliphatic heterocycles. The Morgan fingerprint density at radius 2 is 1.64 bits per heavy atom. The standard InChI is InChI=1S/C30H29BrN2O5S/c1-5-19-7-11-22(12-8-19)32-30-33(23-13-9-20(6-2)10-14-23)29(35)26(39-30)17-21-15-24(31)28(25(16-21)36-3)38-18-27(34)37-4/h7-17H,5-6,18H2,1-4H3/b26-17-,32-30?. The number of aliphatic imine (C=N–C) groups is 1. The molecule has 0 spiro atoms. The average Bonchev–Trinajstić information content (AvgIpc) is 3.26. The summed E-state index contributed by atoms with van der Waals surface area (Å²) in [7, 11) is 2.80. The molecule has 1 saturated heterocycles. The quantitative estimate of drug-likeness (QED) is 0.193. The van der Waals surface area contributed by atoms with E-state index in [2.05, 4.69) is 34.5 Å². The first-order chi connectivity index (χ1) is 18.9. The van der Waals surface area contributed by atoms with Crippen molar-refractivity contribution in [2.75, 3.05) is 25.7 Å². The molecule has 3 aromatic rings. The number of amidine groups is 1. The van der Waals surface area contributed by atoms with E-state index in [0.717, 1.165) is 29.8 Å². The summed E-state index contributed by atoms with van der Waals surface area (Å²) in [6, 6.07) is 19.5. The number of hydrogen-bond acceptors (Lipinski definition) is 7. The van der Waals surface area contributed by atoms with E-state index >= 15 is 0 Å². The molecule has 0 aromatic heterocycles. The molecular formula is C30H29BrN2O5S. The van der Waals surface area contributed by atoms with Gasteiger partial charge in [-0.05, 0) is 99.7 Å². The van der Waals surface area contributed by atoms with E-state index in [1.807, 2.05) is 48.5 Å². The summed E-state index contributed by atoms with van der Waals surface area (Å²) >= 11 is 4.80. The molecule has 4 rings (SSSR count). The lowest BCUT2D eigenvalue weighted by Crippen LogP contribution is -2.28. The van der Waals surface area contributed by atoms with Crippen LogP contribution in [0.25, 0.3) is 6.08 Å². The van der Waals surface area contributed by atoms with Crippen LogP contribution in [0.2, 0.25) is 0 Å². The maximum atomic E-state index is 13.7. The van der Waals surface area contributed by atoms with Crippen molar-refractivity contribution in [3.8, 4) is 11.5 Å². The van der Waals surface area contributed by atoms with E-state index in [-0.39, 0.29) is 12.5 Å². The van der Waals surface area contributed by atoms with Crippen LogP contribution in [-0.4, -0.2) is 37.9 Å². The van der Waals surface area contributed by atoms with Gasteiger partial charge >= 0.3 is 5.97 Å². The van der Waals surface area contributed by atoms with Crippen molar-refractivity contribution < 1.29 is 23.8 Å². The Labute approximate surface area is 241 Å². The first-order valence-corrected chi connectivity index (χ1v) is 14.1. The van der Waals surface area contributed by atoms with E-state index in [0.29, 0.717) is 26.0 Å². The van der Waals surface area contributed by atoms with Crippen molar-refractivity contribution >= 4 is 62.2 Å². The van der Waals surface area contributed by atoms with Crippen LogP contribution in [-0.2, 0) is 27.2 Å². The van der Waals surface area contributed by atoms with Gasteiger partial charge in [0.2, 0.25) is 0 Å². The summed E-state index contributed by atoms with van der Waals surface area (Å²) in [5.41, 5.74) is 4.65. The van der Waals surface area contributed by atoms with Crippen molar-refractivity contribution in [2.24, 2.45) is 4.99 Å². The van der Waals surface area contributed by atoms with E-state index in [1.54, 1.807) is 23.1 Å². The Kier molecular flexibility index (Phi) is 9.48. The highest BCUT2D eigenvalue weighted by molar-refractivity contribution is 9.10. The van der Waals surface area contributed by atoms with Crippen molar-refractivity contribution in [1.29, 1.82) is 0 Å². The van der Waals surface area contributed by atoms with Crippen LogP contribution in [0.15, 0.2) is 75.0 Å². The number of carbonyl (C=O) groups is 2. The fourth-order valence-electron chi connectivity index (χ4n) is 3.88. The van der Waals surface area contributed by atoms with Gasteiger partial charge in [-0.1, -0.05) is 38.1 Å². The molecule has 39 heavy (non-hydrogen) atoms. The van der Waals surface area contributed by atoms with Gasteiger partial charge in [0.05, 0.1) is 35.0 Å². The first-order valence-electron chi connectivity index (χ1n) is 12.4. The maximum absolute atomic E-state index is 13.7.